The molecular weight excluding hydrogens is 364 g/mol. The van der Waals surface area contributed by atoms with Crippen molar-refractivity contribution in [2.24, 2.45) is 0 Å². The highest BCUT2D eigenvalue weighted by Crippen LogP contribution is 2.46. The summed E-state index contributed by atoms with van der Waals surface area (Å²) in [4.78, 5) is 14.9. The average molecular weight is 384 g/mol. The van der Waals surface area contributed by atoms with Crippen LogP contribution in [0.3, 0.4) is 0 Å². The van der Waals surface area contributed by atoms with E-state index in [1.807, 2.05) is 11.0 Å². The van der Waals surface area contributed by atoms with Crippen LogP contribution in [-0.2, 0) is 0 Å². The fourth-order valence-electron chi connectivity index (χ4n) is 3.03. The Kier molecular flexibility index (Phi) is 5.77. The van der Waals surface area contributed by atoms with E-state index in [0.29, 0.717) is 34.9 Å². The van der Waals surface area contributed by atoms with Gasteiger partial charge < -0.3 is 19.1 Å². The third-order valence-electron chi connectivity index (χ3n) is 4.41. The molecular formula is C20H20N2O4S. The second-order valence-electron chi connectivity index (χ2n) is 5.86. The molecule has 3 rings (SSSR count). The van der Waals surface area contributed by atoms with Crippen LogP contribution in [0.5, 0.6) is 17.2 Å². The molecule has 27 heavy (non-hydrogen) atoms. The summed E-state index contributed by atoms with van der Waals surface area (Å²) < 4.78 is 16.3. The molecule has 1 saturated heterocycles. The number of amides is 1. The summed E-state index contributed by atoms with van der Waals surface area (Å²) in [5.41, 5.74) is 1.95. The topological polar surface area (TPSA) is 71.8 Å². The normalized spacial score (nSPS) is 15.9. The van der Waals surface area contributed by atoms with E-state index in [0.717, 1.165) is 11.3 Å². The van der Waals surface area contributed by atoms with Gasteiger partial charge in [-0.05, 0) is 30.3 Å². The number of methoxy groups -OCH3 is 3. The third-order valence-corrected chi connectivity index (χ3v) is 5.66. The number of carbonyl (C=O) groups is 1. The fourth-order valence-corrected chi connectivity index (χ4v) is 4.30. The Labute approximate surface area is 162 Å². The lowest BCUT2D eigenvalue weighted by atomic mass is 10.1. The predicted octanol–water partition coefficient (Wildman–Crippen LogP) is 3.47. The number of thioether (sulfide) groups is 1. The number of ether oxygens (including phenoxy) is 3. The summed E-state index contributed by atoms with van der Waals surface area (Å²) in [5, 5.41) is 8.74. The molecule has 1 amide bonds. The maximum atomic E-state index is 13.0. The average Bonchev–Trinajstić information content (AvgIpc) is 3.21. The molecule has 0 saturated carbocycles. The number of nitriles is 1. The first kappa shape index (κ1) is 18.9. The quantitative estimate of drug-likeness (QED) is 0.786. The highest BCUT2D eigenvalue weighted by Gasteiger charge is 2.34. The molecule has 0 radical (unpaired) electrons. The highest BCUT2D eigenvalue weighted by atomic mass is 32.2. The lowest BCUT2D eigenvalue weighted by Gasteiger charge is -2.26. The van der Waals surface area contributed by atoms with Crippen molar-refractivity contribution in [2.75, 3.05) is 33.6 Å². The van der Waals surface area contributed by atoms with Crippen LogP contribution in [0, 0.1) is 11.3 Å². The van der Waals surface area contributed by atoms with E-state index >= 15 is 0 Å². The Morgan fingerprint density at radius 2 is 1.70 bits per heavy atom. The second-order valence-corrected chi connectivity index (χ2v) is 7.05. The minimum atomic E-state index is -0.192. The summed E-state index contributed by atoms with van der Waals surface area (Å²) >= 11 is 1.67. The second kappa shape index (κ2) is 8.23. The zero-order valence-corrected chi connectivity index (χ0v) is 16.2. The van der Waals surface area contributed by atoms with Gasteiger partial charge in [0.2, 0.25) is 0 Å². The number of hydrogen-bond donors (Lipinski definition) is 0. The summed E-state index contributed by atoms with van der Waals surface area (Å²) in [6, 6.07) is 12.4. The molecule has 6 nitrogen and oxygen atoms in total. The molecule has 1 aliphatic rings. The van der Waals surface area contributed by atoms with Gasteiger partial charge in [-0.2, -0.15) is 5.26 Å². The number of nitrogens with zero attached hydrogens (tertiary/aromatic N) is 2. The van der Waals surface area contributed by atoms with Crippen molar-refractivity contribution in [3.8, 4) is 23.3 Å². The maximum Gasteiger partial charge on any atom is 0.255 e. The van der Waals surface area contributed by atoms with Gasteiger partial charge in [0.05, 0.1) is 33.0 Å². The van der Waals surface area contributed by atoms with Gasteiger partial charge in [-0.15, -0.1) is 11.8 Å². The zero-order chi connectivity index (χ0) is 19.4. The smallest absolute Gasteiger partial charge is 0.255 e. The monoisotopic (exact) mass is 384 g/mol. The van der Waals surface area contributed by atoms with Crippen molar-refractivity contribution in [2.45, 2.75) is 5.37 Å². The van der Waals surface area contributed by atoms with Crippen molar-refractivity contribution < 1.29 is 19.0 Å². The number of hydrogen-bond acceptors (Lipinski definition) is 6. The lowest BCUT2D eigenvalue weighted by Crippen LogP contribution is -2.30. The van der Waals surface area contributed by atoms with Gasteiger partial charge in [0, 0.05) is 29.5 Å². The van der Waals surface area contributed by atoms with Gasteiger partial charge in [0.1, 0.15) is 11.1 Å². The number of benzene rings is 2. The molecule has 1 atom stereocenters. The Hall–Kier alpha value is -2.85. The first-order valence-corrected chi connectivity index (χ1v) is 9.40. The van der Waals surface area contributed by atoms with E-state index in [-0.39, 0.29) is 11.3 Å². The summed E-state index contributed by atoms with van der Waals surface area (Å²) in [5.74, 6) is 2.55. The number of rotatable bonds is 5. The molecule has 0 bridgehead atoms. The molecule has 0 aliphatic carbocycles. The van der Waals surface area contributed by atoms with E-state index in [2.05, 4.69) is 6.07 Å². The van der Waals surface area contributed by atoms with Crippen molar-refractivity contribution in [1.82, 2.24) is 4.90 Å². The van der Waals surface area contributed by atoms with Crippen molar-refractivity contribution in [1.29, 1.82) is 5.26 Å². The van der Waals surface area contributed by atoms with Gasteiger partial charge in [-0.3, -0.25) is 4.79 Å². The van der Waals surface area contributed by atoms with Crippen molar-refractivity contribution >= 4 is 17.7 Å². The van der Waals surface area contributed by atoms with Crippen LogP contribution in [-0.4, -0.2) is 44.4 Å². The molecule has 1 unspecified atom stereocenters. The van der Waals surface area contributed by atoms with E-state index < -0.39 is 0 Å². The van der Waals surface area contributed by atoms with Gasteiger partial charge in [0.15, 0.2) is 11.5 Å². The molecule has 2 aromatic carbocycles. The van der Waals surface area contributed by atoms with E-state index in [9.17, 15) is 4.79 Å². The van der Waals surface area contributed by atoms with Gasteiger partial charge >= 0.3 is 0 Å². The van der Waals surface area contributed by atoms with E-state index in [1.165, 1.54) is 0 Å². The molecule has 0 N–H and O–H groups in total. The highest BCUT2D eigenvalue weighted by molar-refractivity contribution is 7.99. The van der Waals surface area contributed by atoms with Crippen LogP contribution in [0.2, 0.25) is 0 Å². The molecule has 7 heteroatoms. The van der Waals surface area contributed by atoms with Gasteiger partial charge in [-0.25, -0.2) is 0 Å². The standard InChI is InChI=1S/C20H20N2O4S/c1-24-16-11-18(26-3)17(25-2)10-15(16)20-22(8-9-27-20)19(23)14-6-4-13(12-21)5-7-14/h4-7,10-11,20H,8-9H2,1-3H3. The van der Waals surface area contributed by atoms with Crippen LogP contribution in [0.4, 0.5) is 0 Å². The zero-order valence-electron chi connectivity index (χ0n) is 15.4. The molecule has 1 aliphatic heterocycles. The Morgan fingerprint density at radius 1 is 1.07 bits per heavy atom. The fraction of sp³-hybridized carbons (Fsp3) is 0.300. The predicted molar refractivity (Wildman–Crippen MR) is 103 cm³/mol. The third kappa shape index (κ3) is 3.67. The summed E-state index contributed by atoms with van der Waals surface area (Å²) in [6.07, 6.45) is 0. The first-order valence-electron chi connectivity index (χ1n) is 8.35. The molecule has 1 heterocycles. The molecule has 2 aromatic rings. The van der Waals surface area contributed by atoms with Gasteiger partial charge in [-0.1, -0.05) is 0 Å². The Bertz CT molecular complexity index is 877. The van der Waals surface area contributed by atoms with Crippen LogP contribution in [0.15, 0.2) is 36.4 Å². The Balaban J connectivity index is 1.96. The summed E-state index contributed by atoms with van der Waals surface area (Å²) in [6.45, 7) is 0.631. The minimum absolute atomic E-state index is 0.0775. The summed E-state index contributed by atoms with van der Waals surface area (Å²) in [7, 11) is 4.74. The Morgan fingerprint density at radius 3 is 2.30 bits per heavy atom. The SMILES string of the molecule is COc1cc(OC)c(C2SCCN2C(=O)c2ccc(C#N)cc2)cc1OC. The van der Waals surface area contributed by atoms with Crippen molar-refractivity contribution in [3.63, 3.8) is 0 Å². The van der Waals surface area contributed by atoms with Gasteiger partial charge in [0.25, 0.3) is 5.91 Å². The molecule has 140 valence electrons. The minimum Gasteiger partial charge on any atom is -0.496 e. The lowest BCUT2D eigenvalue weighted by molar-refractivity contribution is 0.0759. The van der Waals surface area contributed by atoms with E-state index in [1.54, 1.807) is 63.4 Å². The molecule has 0 spiro atoms. The van der Waals surface area contributed by atoms with Crippen LogP contribution in [0.25, 0.3) is 0 Å². The van der Waals surface area contributed by atoms with Crippen LogP contribution in [0.1, 0.15) is 26.9 Å². The van der Waals surface area contributed by atoms with Crippen LogP contribution >= 0.6 is 11.8 Å². The first-order chi connectivity index (χ1) is 13.1. The maximum absolute atomic E-state index is 13.0. The van der Waals surface area contributed by atoms with Crippen molar-refractivity contribution in [3.05, 3.63) is 53.1 Å². The van der Waals surface area contributed by atoms with E-state index in [4.69, 9.17) is 19.5 Å². The molecule has 0 aromatic heterocycles. The number of carbonyl (C=O) groups excluding carboxylic acids is 1. The molecule has 1 fully saturated rings. The largest absolute Gasteiger partial charge is 0.496 e. The van der Waals surface area contributed by atoms with Crippen LogP contribution < -0.4 is 14.2 Å².